The van der Waals surface area contributed by atoms with Crippen molar-refractivity contribution in [2.24, 2.45) is 0 Å². The summed E-state index contributed by atoms with van der Waals surface area (Å²) < 4.78 is 20.0. The van der Waals surface area contributed by atoms with Crippen LogP contribution in [0.5, 0.6) is 0 Å². The highest BCUT2D eigenvalue weighted by Crippen LogP contribution is 2.13. The summed E-state index contributed by atoms with van der Waals surface area (Å²) in [4.78, 5) is 32.9. The second kappa shape index (κ2) is 9.12. The third-order valence-corrected chi connectivity index (χ3v) is 3.33. The van der Waals surface area contributed by atoms with Gasteiger partial charge in [0.15, 0.2) is 0 Å². The predicted octanol–water partition coefficient (Wildman–Crippen LogP) is 1.44. The van der Waals surface area contributed by atoms with Crippen molar-refractivity contribution in [2.75, 3.05) is 26.4 Å². The molecule has 140 valence electrons. The van der Waals surface area contributed by atoms with Crippen LogP contribution in [0.15, 0.2) is 36.4 Å². The fourth-order valence-electron chi connectivity index (χ4n) is 1.57. The molecule has 3 rings (SSSR count). The van der Waals surface area contributed by atoms with Gasteiger partial charge in [0.2, 0.25) is 0 Å². The lowest BCUT2D eigenvalue weighted by atomic mass is 10.1. The molecule has 2 unspecified atom stereocenters. The van der Waals surface area contributed by atoms with E-state index in [1.165, 1.54) is 6.92 Å². The van der Waals surface area contributed by atoms with Gasteiger partial charge in [0, 0.05) is 5.57 Å². The van der Waals surface area contributed by atoms with Gasteiger partial charge in [-0.15, -0.1) is 0 Å². The molecule has 0 saturated carbocycles. The number of carbonyl (C=O) groups is 3. The minimum absolute atomic E-state index is 0.0397. The molecule has 1 aromatic rings. The van der Waals surface area contributed by atoms with Crippen LogP contribution in [-0.4, -0.2) is 61.6 Å². The van der Waals surface area contributed by atoms with Crippen molar-refractivity contribution in [3.8, 4) is 0 Å². The number of aliphatic carboxylic acids is 1. The maximum atomic E-state index is 11.7. The molecule has 8 nitrogen and oxygen atoms in total. The van der Waals surface area contributed by atoms with Gasteiger partial charge in [0.25, 0.3) is 0 Å². The second-order valence-corrected chi connectivity index (χ2v) is 5.77. The molecule has 2 aliphatic rings. The van der Waals surface area contributed by atoms with Gasteiger partial charge in [0.1, 0.15) is 25.4 Å². The average molecular weight is 364 g/mol. The Morgan fingerprint density at radius 3 is 1.54 bits per heavy atom. The molecule has 2 saturated heterocycles. The molecule has 2 atom stereocenters. The molecule has 0 amide bonds. The van der Waals surface area contributed by atoms with Crippen LogP contribution < -0.4 is 0 Å². The summed E-state index contributed by atoms with van der Waals surface area (Å²) in [7, 11) is 0. The summed E-state index contributed by atoms with van der Waals surface area (Å²) in [5, 5.41) is 7.89. The minimum Gasteiger partial charge on any atom is -0.478 e. The highest BCUT2D eigenvalue weighted by Gasteiger charge is 2.25. The molecule has 0 aromatic heterocycles. The van der Waals surface area contributed by atoms with Gasteiger partial charge in [-0.2, -0.15) is 0 Å². The van der Waals surface area contributed by atoms with Crippen LogP contribution in [-0.2, 0) is 23.7 Å². The highest BCUT2D eigenvalue weighted by atomic mass is 16.6. The first-order chi connectivity index (χ1) is 12.4. The molecule has 2 fully saturated rings. The van der Waals surface area contributed by atoms with Gasteiger partial charge < -0.3 is 24.1 Å². The van der Waals surface area contributed by atoms with Gasteiger partial charge in [-0.3, -0.25) is 0 Å². The molecule has 0 radical (unpaired) electrons. The summed E-state index contributed by atoms with van der Waals surface area (Å²) in [5.74, 6) is -1.78. The Labute approximate surface area is 150 Å². The number of esters is 2. The molecule has 0 spiro atoms. The monoisotopic (exact) mass is 364 g/mol. The van der Waals surface area contributed by atoms with Crippen LogP contribution in [0.2, 0.25) is 0 Å². The zero-order valence-corrected chi connectivity index (χ0v) is 14.3. The van der Waals surface area contributed by atoms with E-state index >= 15 is 0 Å². The maximum Gasteiger partial charge on any atom is 0.338 e. The Morgan fingerprint density at radius 1 is 1.00 bits per heavy atom. The summed E-state index contributed by atoms with van der Waals surface area (Å²) in [6.45, 7) is 6.42. The van der Waals surface area contributed by atoms with E-state index in [0.717, 1.165) is 0 Å². The largest absolute Gasteiger partial charge is 0.478 e. The highest BCUT2D eigenvalue weighted by molar-refractivity contribution is 5.93. The summed E-state index contributed by atoms with van der Waals surface area (Å²) in [5.41, 5.74) is 0.968. The molecular formula is C18H20O8. The van der Waals surface area contributed by atoms with Gasteiger partial charge >= 0.3 is 17.9 Å². The van der Waals surface area contributed by atoms with E-state index in [-0.39, 0.29) is 31.0 Å². The number of epoxide rings is 2. The Bertz CT molecular complexity index is 612. The number of hydrogen-bond donors (Lipinski definition) is 1. The van der Waals surface area contributed by atoms with Gasteiger partial charge in [-0.05, 0) is 31.2 Å². The van der Waals surface area contributed by atoms with E-state index in [2.05, 4.69) is 6.58 Å². The van der Waals surface area contributed by atoms with Crippen molar-refractivity contribution in [2.45, 2.75) is 19.1 Å². The lowest BCUT2D eigenvalue weighted by Crippen LogP contribution is -2.12. The Morgan fingerprint density at radius 2 is 1.31 bits per heavy atom. The van der Waals surface area contributed by atoms with Crippen LogP contribution >= 0.6 is 0 Å². The van der Waals surface area contributed by atoms with Crippen LogP contribution in [0.25, 0.3) is 0 Å². The van der Waals surface area contributed by atoms with Crippen molar-refractivity contribution < 1.29 is 38.4 Å². The molecule has 8 heteroatoms. The molecule has 26 heavy (non-hydrogen) atoms. The second-order valence-electron chi connectivity index (χ2n) is 5.77. The Hall–Kier alpha value is -2.71. The van der Waals surface area contributed by atoms with E-state index < -0.39 is 17.9 Å². The van der Waals surface area contributed by atoms with Crippen LogP contribution in [0.4, 0.5) is 0 Å². The predicted molar refractivity (Wildman–Crippen MR) is 88.9 cm³/mol. The van der Waals surface area contributed by atoms with Crippen molar-refractivity contribution in [1.29, 1.82) is 0 Å². The molecular weight excluding hydrogens is 344 g/mol. The first-order valence-electron chi connectivity index (χ1n) is 7.93. The Kier molecular flexibility index (Phi) is 6.88. The van der Waals surface area contributed by atoms with Crippen molar-refractivity contribution in [1.82, 2.24) is 0 Å². The van der Waals surface area contributed by atoms with E-state index in [0.29, 0.717) is 24.3 Å². The molecule has 0 aliphatic carbocycles. The fraction of sp³-hybridized carbons (Fsp3) is 0.389. The SMILES string of the molecule is C=C(C)C(=O)O.O=C(OCC1CO1)c1ccc(C(=O)OCC2CO2)cc1. The van der Waals surface area contributed by atoms with Crippen LogP contribution in [0.3, 0.4) is 0 Å². The lowest BCUT2D eigenvalue weighted by molar-refractivity contribution is -0.132. The zero-order valence-electron chi connectivity index (χ0n) is 14.3. The van der Waals surface area contributed by atoms with Crippen LogP contribution in [0.1, 0.15) is 27.6 Å². The van der Waals surface area contributed by atoms with Crippen molar-refractivity contribution in [3.05, 3.63) is 47.5 Å². The molecule has 2 aliphatic heterocycles. The zero-order chi connectivity index (χ0) is 19.1. The first kappa shape index (κ1) is 19.6. The third-order valence-electron chi connectivity index (χ3n) is 3.33. The molecule has 0 bridgehead atoms. The summed E-state index contributed by atoms with van der Waals surface area (Å²) in [6.07, 6.45) is 0.0793. The van der Waals surface area contributed by atoms with Crippen molar-refractivity contribution in [3.63, 3.8) is 0 Å². The smallest absolute Gasteiger partial charge is 0.338 e. The number of carboxylic acid groups (broad SMARTS) is 1. The van der Waals surface area contributed by atoms with E-state index in [1.807, 2.05) is 0 Å². The van der Waals surface area contributed by atoms with Crippen LogP contribution in [0, 0.1) is 0 Å². The minimum atomic E-state index is -0.935. The lowest BCUT2D eigenvalue weighted by Gasteiger charge is -2.05. The van der Waals surface area contributed by atoms with E-state index in [4.69, 9.17) is 24.1 Å². The normalized spacial score (nSPS) is 19.4. The number of carbonyl (C=O) groups excluding carboxylic acids is 2. The quantitative estimate of drug-likeness (QED) is 0.439. The number of benzene rings is 1. The molecule has 2 heterocycles. The molecule has 1 aromatic carbocycles. The third kappa shape index (κ3) is 7.04. The number of carboxylic acids is 1. The van der Waals surface area contributed by atoms with E-state index in [1.54, 1.807) is 24.3 Å². The standard InChI is InChI=1S/C14H14O6.C4H6O2/c15-13(19-7-11-5-17-11)9-1-2-10(4-3-9)14(16)20-8-12-6-18-12;1-3(2)4(5)6/h1-4,11-12H,5-8H2;1H2,2H3,(H,5,6). The van der Waals surface area contributed by atoms with Gasteiger partial charge in [0.05, 0.1) is 24.3 Å². The summed E-state index contributed by atoms with van der Waals surface area (Å²) in [6, 6.07) is 6.17. The topological polar surface area (TPSA) is 115 Å². The molecule has 1 N–H and O–H groups in total. The van der Waals surface area contributed by atoms with Gasteiger partial charge in [-0.1, -0.05) is 6.58 Å². The van der Waals surface area contributed by atoms with E-state index in [9.17, 15) is 14.4 Å². The fourth-order valence-corrected chi connectivity index (χ4v) is 1.57. The number of rotatable bonds is 7. The first-order valence-corrected chi connectivity index (χ1v) is 7.93. The van der Waals surface area contributed by atoms with Crippen molar-refractivity contribution >= 4 is 17.9 Å². The Balaban J connectivity index is 0.000000352. The number of ether oxygens (including phenoxy) is 4. The average Bonchev–Trinajstić information content (AvgIpc) is 3.53. The maximum absolute atomic E-state index is 11.7. The summed E-state index contributed by atoms with van der Waals surface area (Å²) >= 11 is 0. The number of hydrogen-bond acceptors (Lipinski definition) is 7. The van der Waals surface area contributed by atoms with Gasteiger partial charge in [-0.25, -0.2) is 14.4 Å².